The smallest absolute Gasteiger partial charge is 0.407 e. The van der Waals surface area contributed by atoms with Crippen molar-refractivity contribution in [2.45, 2.75) is 30.1 Å². The van der Waals surface area contributed by atoms with Crippen LogP contribution in [0.3, 0.4) is 0 Å². The summed E-state index contributed by atoms with van der Waals surface area (Å²) < 4.78 is 11.2. The Balaban J connectivity index is 1.73. The molecule has 1 saturated heterocycles. The first-order chi connectivity index (χ1) is 10.5. The molecule has 7 heteroatoms. The number of hydrogen-bond acceptors (Lipinski definition) is 4. The first kappa shape index (κ1) is 14.0. The molecule has 3 aliphatic heterocycles. The fourth-order valence-corrected chi connectivity index (χ4v) is 4.50. The Labute approximate surface area is 135 Å². The average molecular weight is 368 g/mol. The molecule has 0 aromatic heterocycles. The molecule has 1 amide bonds. The van der Waals surface area contributed by atoms with Gasteiger partial charge in [-0.2, -0.15) is 0 Å². The zero-order valence-electron chi connectivity index (χ0n) is 11.7. The molecule has 1 spiro atoms. The zero-order chi connectivity index (χ0) is 15.5. The van der Waals surface area contributed by atoms with Crippen LogP contribution in [0.1, 0.15) is 33.5 Å². The van der Waals surface area contributed by atoms with E-state index in [0.717, 1.165) is 16.7 Å². The van der Waals surface area contributed by atoms with Gasteiger partial charge in [-0.15, -0.1) is 0 Å². The number of hydrogen-bond donors (Lipinski definition) is 1. The highest BCUT2D eigenvalue weighted by Gasteiger charge is 2.50. The first-order valence-electron chi connectivity index (χ1n) is 7.10. The predicted molar refractivity (Wildman–Crippen MR) is 79.0 cm³/mol. The van der Waals surface area contributed by atoms with Gasteiger partial charge in [-0.05, 0) is 29.7 Å². The van der Waals surface area contributed by atoms with E-state index in [-0.39, 0.29) is 10.8 Å². The van der Waals surface area contributed by atoms with Crippen LogP contribution in [0.5, 0.6) is 0 Å². The number of amides is 1. The minimum Gasteiger partial charge on any atom is -0.465 e. The topological polar surface area (TPSA) is 76.1 Å². The van der Waals surface area contributed by atoms with Crippen molar-refractivity contribution in [3.63, 3.8) is 0 Å². The van der Waals surface area contributed by atoms with E-state index in [0.29, 0.717) is 38.3 Å². The lowest BCUT2D eigenvalue weighted by molar-refractivity contribution is -0.0681. The van der Waals surface area contributed by atoms with Crippen LogP contribution in [0.25, 0.3) is 0 Å². The second-order valence-electron chi connectivity index (χ2n) is 5.87. The number of benzene rings is 1. The molecule has 0 radical (unpaired) electrons. The summed E-state index contributed by atoms with van der Waals surface area (Å²) in [4.78, 5) is 24.1. The third-order valence-corrected chi connectivity index (χ3v) is 5.79. The lowest BCUT2D eigenvalue weighted by Crippen LogP contribution is -2.52. The number of rotatable bonds is 0. The molecule has 0 aliphatic carbocycles. The van der Waals surface area contributed by atoms with Crippen molar-refractivity contribution in [3.8, 4) is 0 Å². The second-order valence-corrected chi connectivity index (χ2v) is 6.97. The van der Waals surface area contributed by atoms with Gasteiger partial charge < -0.3 is 19.5 Å². The molecule has 116 valence electrons. The number of esters is 1. The number of carbonyl (C=O) groups excluding carboxylic acids is 1. The first-order valence-corrected chi connectivity index (χ1v) is 8.02. The van der Waals surface area contributed by atoms with Gasteiger partial charge in [-0.25, -0.2) is 9.59 Å². The van der Waals surface area contributed by atoms with Crippen LogP contribution in [0, 0.1) is 0 Å². The van der Waals surface area contributed by atoms with Crippen LogP contribution >= 0.6 is 15.9 Å². The minimum atomic E-state index is -0.912. The van der Waals surface area contributed by atoms with Gasteiger partial charge in [0.05, 0.1) is 17.0 Å². The molecule has 1 aromatic carbocycles. The van der Waals surface area contributed by atoms with Crippen molar-refractivity contribution in [1.82, 2.24) is 4.90 Å². The van der Waals surface area contributed by atoms with E-state index in [4.69, 9.17) is 14.6 Å². The quantitative estimate of drug-likeness (QED) is 0.562. The van der Waals surface area contributed by atoms with Gasteiger partial charge >= 0.3 is 12.1 Å². The summed E-state index contributed by atoms with van der Waals surface area (Å²) in [5.74, 6) is -0.283. The van der Waals surface area contributed by atoms with Gasteiger partial charge in [0, 0.05) is 18.7 Å². The molecule has 3 aliphatic rings. The summed E-state index contributed by atoms with van der Waals surface area (Å²) in [5.41, 5.74) is 3.02. The molecule has 1 fully saturated rings. The standard InChI is InChI=1S/C15H14BrNO5/c16-12-5-17(14(19)20)2-1-15(12)11-4-8-6-21-13(18)10(8)3-9(11)7-22-15/h3-4,12H,1-2,5-7H2,(H,19,20). The lowest BCUT2D eigenvalue weighted by Gasteiger charge is -2.42. The van der Waals surface area contributed by atoms with Crippen molar-refractivity contribution in [2.75, 3.05) is 13.1 Å². The fraction of sp³-hybridized carbons (Fsp3) is 0.467. The van der Waals surface area contributed by atoms with Crippen LogP contribution in [0.4, 0.5) is 4.79 Å². The van der Waals surface area contributed by atoms with Crippen molar-refractivity contribution in [3.05, 3.63) is 34.4 Å². The Morgan fingerprint density at radius 2 is 2.18 bits per heavy atom. The number of piperidine rings is 1. The van der Waals surface area contributed by atoms with E-state index < -0.39 is 11.7 Å². The Kier molecular flexibility index (Phi) is 2.99. The number of likely N-dealkylation sites (tertiary alicyclic amines) is 1. The monoisotopic (exact) mass is 367 g/mol. The number of carbonyl (C=O) groups is 2. The maximum atomic E-state index is 11.7. The molecular formula is C15H14BrNO5. The maximum Gasteiger partial charge on any atom is 0.407 e. The Bertz CT molecular complexity index is 691. The van der Waals surface area contributed by atoms with E-state index in [9.17, 15) is 9.59 Å². The van der Waals surface area contributed by atoms with Gasteiger partial charge in [-0.1, -0.05) is 15.9 Å². The Morgan fingerprint density at radius 1 is 1.36 bits per heavy atom. The van der Waals surface area contributed by atoms with Crippen molar-refractivity contribution < 1.29 is 24.2 Å². The number of halogens is 1. The normalized spacial score (nSPS) is 29.4. The van der Waals surface area contributed by atoms with Gasteiger partial charge in [0.25, 0.3) is 0 Å². The SMILES string of the molecule is O=C1OCc2cc3c(cc21)COC31CCN(C(=O)O)CC1Br. The summed E-state index contributed by atoms with van der Waals surface area (Å²) in [7, 11) is 0. The highest BCUT2D eigenvalue weighted by Crippen LogP contribution is 2.48. The second kappa shape index (κ2) is 4.70. The maximum absolute atomic E-state index is 11.7. The largest absolute Gasteiger partial charge is 0.465 e. The van der Waals surface area contributed by atoms with Gasteiger partial charge in [-0.3, -0.25) is 0 Å². The molecule has 1 N–H and O–H groups in total. The molecule has 22 heavy (non-hydrogen) atoms. The number of ether oxygens (including phenoxy) is 2. The Hall–Kier alpha value is -1.60. The van der Waals surface area contributed by atoms with E-state index in [1.54, 1.807) is 0 Å². The van der Waals surface area contributed by atoms with Gasteiger partial charge in [0.15, 0.2) is 0 Å². The summed E-state index contributed by atoms with van der Waals surface area (Å²) in [6.07, 6.45) is -0.319. The molecule has 3 heterocycles. The summed E-state index contributed by atoms with van der Waals surface area (Å²) >= 11 is 3.62. The van der Waals surface area contributed by atoms with E-state index in [2.05, 4.69) is 15.9 Å². The van der Waals surface area contributed by atoms with E-state index in [1.165, 1.54) is 4.90 Å². The number of nitrogens with zero attached hydrogens (tertiary/aromatic N) is 1. The van der Waals surface area contributed by atoms with Crippen LogP contribution in [-0.2, 0) is 28.3 Å². The van der Waals surface area contributed by atoms with Gasteiger partial charge in [0.2, 0.25) is 0 Å². The summed E-state index contributed by atoms with van der Waals surface area (Å²) in [6.45, 7) is 1.54. The third kappa shape index (κ3) is 1.82. The van der Waals surface area contributed by atoms with Crippen LogP contribution in [0.2, 0.25) is 0 Å². The minimum absolute atomic E-state index is 0.123. The molecule has 2 unspecified atom stereocenters. The molecule has 4 rings (SSSR count). The van der Waals surface area contributed by atoms with E-state index >= 15 is 0 Å². The fourth-order valence-electron chi connectivity index (χ4n) is 3.55. The molecular weight excluding hydrogens is 354 g/mol. The van der Waals surface area contributed by atoms with Crippen molar-refractivity contribution in [1.29, 1.82) is 0 Å². The van der Waals surface area contributed by atoms with Crippen molar-refractivity contribution in [2.24, 2.45) is 0 Å². The average Bonchev–Trinajstić information content (AvgIpc) is 3.03. The van der Waals surface area contributed by atoms with Crippen LogP contribution in [0.15, 0.2) is 12.1 Å². The molecule has 6 nitrogen and oxygen atoms in total. The predicted octanol–water partition coefficient (Wildman–Crippen LogP) is 2.23. The zero-order valence-corrected chi connectivity index (χ0v) is 13.3. The summed E-state index contributed by atoms with van der Waals surface area (Å²) in [6, 6.07) is 3.85. The van der Waals surface area contributed by atoms with Gasteiger partial charge in [0.1, 0.15) is 12.2 Å². The van der Waals surface area contributed by atoms with Crippen LogP contribution in [-0.4, -0.2) is 40.0 Å². The van der Waals surface area contributed by atoms with Crippen LogP contribution < -0.4 is 0 Å². The number of fused-ring (bicyclic) bond motifs is 3. The third-order valence-electron chi connectivity index (χ3n) is 4.76. The highest BCUT2D eigenvalue weighted by molar-refractivity contribution is 9.09. The number of cyclic esters (lactones) is 1. The molecule has 2 atom stereocenters. The van der Waals surface area contributed by atoms with Crippen molar-refractivity contribution >= 4 is 28.0 Å². The number of alkyl halides is 1. The lowest BCUT2D eigenvalue weighted by atomic mass is 9.82. The summed E-state index contributed by atoms with van der Waals surface area (Å²) in [5, 5.41) is 9.15. The van der Waals surface area contributed by atoms with E-state index in [1.807, 2.05) is 12.1 Å². The molecule has 0 bridgehead atoms. The molecule has 0 saturated carbocycles. The number of carboxylic acid groups (broad SMARTS) is 1. The molecule has 1 aromatic rings. The Morgan fingerprint density at radius 3 is 2.91 bits per heavy atom. The highest BCUT2D eigenvalue weighted by atomic mass is 79.9.